The highest BCUT2D eigenvalue weighted by Gasteiger charge is 2.19. The van der Waals surface area contributed by atoms with Crippen LogP contribution in [0.3, 0.4) is 0 Å². The molecule has 0 aliphatic carbocycles. The topological polar surface area (TPSA) is 32.6 Å². The van der Waals surface area contributed by atoms with Gasteiger partial charge in [0, 0.05) is 25.3 Å². The number of aromatic nitrogens is 2. The average molecular weight is 288 g/mol. The first-order valence-corrected chi connectivity index (χ1v) is 8.06. The second-order valence-electron chi connectivity index (χ2n) is 5.84. The summed E-state index contributed by atoms with van der Waals surface area (Å²) in [6.45, 7) is 8.65. The van der Waals surface area contributed by atoms with Crippen molar-refractivity contribution in [2.75, 3.05) is 18.5 Å². The molecule has 0 saturated heterocycles. The summed E-state index contributed by atoms with van der Waals surface area (Å²) in [5.74, 6) is 1.13. The van der Waals surface area contributed by atoms with Gasteiger partial charge in [0.1, 0.15) is 5.65 Å². The zero-order valence-corrected chi connectivity index (χ0v) is 13.8. The third kappa shape index (κ3) is 3.56. The van der Waals surface area contributed by atoms with Crippen LogP contribution in [0, 0.1) is 0 Å². The van der Waals surface area contributed by atoms with Crippen LogP contribution in [0.5, 0.6) is 0 Å². The van der Waals surface area contributed by atoms with E-state index in [4.69, 9.17) is 4.98 Å². The van der Waals surface area contributed by atoms with E-state index in [2.05, 4.69) is 53.7 Å². The molecule has 0 aromatic carbocycles. The number of fused-ring (bicyclic) bond motifs is 1. The Kier molecular flexibility index (Phi) is 5.62. The summed E-state index contributed by atoms with van der Waals surface area (Å²) in [5.41, 5.74) is 2.28. The summed E-state index contributed by atoms with van der Waals surface area (Å²) in [6, 6.07) is 6.65. The molecule has 0 aliphatic heterocycles. The van der Waals surface area contributed by atoms with Crippen LogP contribution in [0.25, 0.3) is 5.65 Å². The predicted molar refractivity (Wildman–Crippen MR) is 90.0 cm³/mol. The Balaban J connectivity index is 2.38. The number of anilines is 1. The molecule has 0 amide bonds. The minimum Gasteiger partial charge on any atom is -0.353 e. The molecule has 0 unspecified atom stereocenters. The maximum atomic E-state index is 4.88. The molecule has 2 rings (SSSR count). The van der Waals surface area contributed by atoms with E-state index in [0.29, 0.717) is 6.04 Å². The number of nitrogens with one attached hydrogen (secondary N) is 1. The number of hydrogen-bond donors (Lipinski definition) is 1. The minimum absolute atomic E-state index is 0.461. The van der Waals surface area contributed by atoms with E-state index < -0.39 is 0 Å². The fourth-order valence-electron chi connectivity index (χ4n) is 2.74. The van der Waals surface area contributed by atoms with E-state index in [1.54, 1.807) is 0 Å². The summed E-state index contributed by atoms with van der Waals surface area (Å²) in [4.78, 5) is 7.32. The van der Waals surface area contributed by atoms with Gasteiger partial charge in [-0.2, -0.15) is 0 Å². The van der Waals surface area contributed by atoms with E-state index >= 15 is 0 Å². The minimum atomic E-state index is 0.461. The highest BCUT2D eigenvalue weighted by Crippen LogP contribution is 2.24. The van der Waals surface area contributed by atoms with Gasteiger partial charge < -0.3 is 14.6 Å². The lowest BCUT2D eigenvalue weighted by Gasteiger charge is -2.28. The summed E-state index contributed by atoms with van der Waals surface area (Å²) in [6.07, 6.45) is 5.85. The summed E-state index contributed by atoms with van der Waals surface area (Å²) in [5, 5.41) is 3.28. The van der Waals surface area contributed by atoms with Crippen molar-refractivity contribution >= 4 is 11.5 Å². The zero-order chi connectivity index (χ0) is 15.2. The number of imidazole rings is 1. The smallest absolute Gasteiger partial charge is 0.152 e. The van der Waals surface area contributed by atoms with E-state index in [0.717, 1.165) is 24.6 Å². The number of nitrogens with zero attached hydrogens (tertiary/aromatic N) is 3. The van der Waals surface area contributed by atoms with Crippen molar-refractivity contribution < 1.29 is 0 Å². The van der Waals surface area contributed by atoms with Crippen molar-refractivity contribution in [1.29, 1.82) is 0 Å². The van der Waals surface area contributed by atoms with Crippen LogP contribution in [0.4, 0.5) is 5.82 Å². The largest absolute Gasteiger partial charge is 0.353 e. The van der Waals surface area contributed by atoms with Gasteiger partial charge in [-0.15, -0.1) is 0 Å². The van der Waals surface area contributed by atoms with Gasteiger partial charge in [0.05, 0.1) is 5.69 Å². The second kappa shape index (κ2) is 7.46. The Morgan fingerprint density at radius 1 is 1.29 bits per heavy atom. The average Bonchev–Trinajstić information content (AvgIpc) is 2.82. The Bertz CT molecular complexity index is 559. The van der Waals surface area contributed by atoms with Crippen molar-refractivity contribution in [3.63, 3.8) is 0 Å². The maximum Gasteiger partial charge on any atom is 0.152 e. The van der Waals surface area contributed by atoms with Gasteiger partial charge in [0.2, 0.25) is 0 Å². The maximum absolute atomic E-state index is 4.88. The van der Waals surface area contributed by atoms with Crippen LogP contribution in [0.1, 0.15) is 45.7 Å². The van der Waals surface area contributed by atoms with Gasteiger partial charge in [0.15, 0.2) is 5.82 Å². The van der Waals surface area contributed by atoms with Crippen molar-refractivity contribution in [2.24, 2.45) is 0 Å². The SMILES string of the molecule is CCCCCN(c1nc2ccccn2c1CNC)C(C)C. The molecule has 2 aromatic rings. The molecule has 21 heavy (non-hydrogen) atoms. The van der Waals surface area contributed by atoms with Gasteiger partial charge in [-0.3, -0.25) is 0 Å². The lowest BCUT2D eigenvalue weighted by Crippen LogP contribution is -2.33. The molecule has 0 spiro atoms. The van der Waals surface area contributed by atoms with Gasteiger partial charge in [-0.05, 0) is 39.4 Å². The van der Waals surface area contributed by atoms with Crippen LogP contribution in [0.2, 0.25) is 0 Å². The lowest BCUT2D eigenvalue weighted by atomic mass is 10.2. The standard InChI is InChI=1S/C17H28N4/c1-5-6-8-11-20(14(2)3)17-15(13-18-4)21-12-9-7-10-16(21)19-17/h7,9-10,12,14,18H,5-6,8,11,13H2,1-4H3. The highest BCUT2D eigenvalue weighted by molar-refractivity contribution is 5.56. The molecule has 0 radical (unpaired) electrons. The Morgan fingerprint density at radius 2 is 2.10 bits per heavy atom. The third-order valence-electron chi connectivity index (χ3n) is 3.85. The van der Waals surface area contributed by atoms with Gasteiger partial charge in [-0.25, -0.2) is 4.98 Å². The molecule has 2 heterocycles. The predicted octanol–water partition coefficient (Wildman–Crippen LogP) is 3.46. The van der Waals surface area contributed by atoms with Crippen LogP contribution >= 0.6 is 0 Å². The first-order chi connectivity index (χ1) is 10.2. The monoisotopic (exact) mass is 288 g/mol. The molecule has 116 valence electrons. The van der Waals surface area contributed by atoms with Crippen LogP contribution in [-0.2, 0) is 6.54 Å². The molecule has 0 bridgehead atoms. The van der Waals surface area contributed by atoms with Crippen LogP contribution in [-0.4, -0.2) is 29.0 Å². The molecule has 4 heteroatoms. The van der Waals surface area contributed by atoms with E-state index in [1.807, 2.05) is 13.1 Å². The molecule has 4 nitrogen and oxygen atoms in total. The molecule has 0 aliphatic rings. The van der Waals surface area contributed by atoms with Gasteiger partial charge in [-0.1, -0.05) is 25.8 Å². The summed E-state index contributed by atoms with van der Waals surface area (Å²) >= 11 is 0. The summed E-state index contributed by atoms with van der Waals surface area (Å²) < 4.78 is 2.20. The first kappa shape index (κ1) is 15.8. The quantitative estimate of drug-likeness (QED) is 0.755. The lowest BCUT2D eigenvalue weighted by molar-refractivity contribution is 0.616. The summed E-state index contributed by atoms with van der Waals surface area (Å²) in [7, 11) is 1.99. The Labute approximate surface area is 128 Å². The first-order valence-electron chi connectivity index (χ1n) is 8.06. The fourth-order valence-corrected chi connectivity index (χ4v) is 2.74. The molecular formula is C17H28N4. The molecule has 0 saturated carbocycles. The molecule has 2 aromatic heterocycles. The molecule has 0 atom stereocenters. The van der Waals surface area contributed by atoms with Crippen LogP contribution in [0.15, 0.2) is 24.4 Å². The van der Waals surface area contributed by atoms with Gasteiger partial charge in [0.25, 0.3) is 0 Å². The highest BCUT2D eigenvalue weighted by atomic mass is 15.2. The van der Waals surface area contributed by atoms with Crippen molar-refractivity contribution in [3.8, 4) is 0 Å². The Morgan fingerprint density at radius 3 is 2.76 bits per heavy atom. The number of pyridine rings is 1. The third-order valence-corrected chi connectivity index (χ3v) is 3.85. The van der Waals surface area contributed by atoms with E-state index in [-0.39, 0.29) is 0 Å². The van der Waals surface area contributed by atoms with Gasteiger partial charge >= 0.3 is 0 Å². The van der Waals surface area contributed by atoms with E-state index in [1.165, 1.54) is 25.0 Å². The van der Waals surface area contributed by atoms with E-state index in [9.17, 15) is 0 Å². The number of hydrogen-bond acceptors (Lipinski definition) is 3. The molecule has 1 N–H and O–H groups in total. The van der Waals surface area contributed by atoms with Crippen LogP contribution < -0.4 is 10.2 Å². The fraction of sp³-hybridized carbons (Fsp3) is 0.588. The normalized spacial score (nSPS) is 11.5. The Hall–Kier alpha value is -1.55. The number of unbranched alkanes of at least 4 members (excludes halogenated alkanes) is 2. The second-order valence-corrected chi connectivity index (χ2v) is 5.84. The molecular weight excluding hydrogens is 260 g/mol. The number of rotatable bonds is 8. The van der Waals surface area contributed by atoms with Crippen molar-refractivity contribution in [2.45, 2.75) is 52.6 Å². The zero-order valence-electron chi connectivity index (χ0n) is 13.8. The molecule has 0 fully saturated rings. The van der Waals surface area contributed by atoms with Crippen molar-refractivity contribution in [1.82, 2.24) is 14.7 Å². The van der Waals surface area contributed by atoms with Crippen molar-refractivity contribution in [3.05, 3.63) is 30.1 Å².